The number of anilines is 1. The number of aliphatic hydroxyl groups is 1. The largest absolute Gasteiger partial charge is 0.506 e. The molecule has 4 aromatic rings. The van der Waals surface area contributed by atoms with Crippen molar-refractivity contribution in [3.05, 3.63) is 89.4 Å². The average molecular weight is 494 g/mol. The van der Waals surface area contributed by atoms with E-state index in [0.717, 1.165) is 22.2 Å². The highest BCUT2D eigenvalue weighted by Gasteiger charge is 2.38. The first kappa shape index (κ1) is 24.2. The van der Waals surface area contributed by atoms with Crippen molar-refractivity contribution < 1.29 is 33.0 Å². The molecule has 0 aliphatic carbocycles. The number of carbonyl (C=O) groups excluding carboxylic acids is 1. The van der Waals surface area contributed by atoms with Gasteiger partial charge in [0.2, 0.25) is 0 Å². The number of nitrogens with zero attached hydrogens (tertiary/aromatic N) is 2. The zero-order valence-corrected chi connectivity index (χ0v) is 18.2. The van der Waals surface area contributed by atoms with Crippen LogP contribution in [0.3, 0.4) is 0 Å². The topological polar surface area (TPSA) is 128 Å². The number of H-pyrrole nitrogens is 1. The van der Waals surface area contributed by atoms with Gasteiger partial charge in [0.25, 0.3) is 5.91 Å². The maximum absolute atomic E-state index is 12.4. The lowest BCUT2D eigenvalue weighted by Gasteiger charge is -2.05. The molecule has 5 rings (SSSR count). The minimum atomic E-state index is -5.08. The predicted molar refractivity (Wildman–Crippen MR) is 127 cm³/mol. The number of carboxylic acids is 1. The van der Waals surface area contributed by atoms with Gasteiger partial charge in [-0.15, -0.1) is 0 Å². The number of carboxylic acid groups (broad SMARTS) is 1. The number of nitrogens with one attached hydrogen (secondary N) is 2. The van der Waals surface area contributed by atoms with Gasteiger partial charge >= 0.3 is 12.1 Å². The molecule has 0 saturated carbocycles. The van der Waals surface area contributed by atoms with Crippen LogP contribution in [0, 0.1) is 0 Å². The Balaban J connectivity index is 0.000000384. The second kappa shape index (κ2) is 9.74. The number of pyridine rings is 1. The van der Waals surface area contributed by atoms with Gasteiger partial charge in [0.1, 0.15) is 5.76 Å². The molecule has 0 fully saturated rings. The minimum Gasteiger partial charge on any atom is -0.506 e. The van der Waals surface area contributed by atoms with Crippen LogP contribution in [0.1, 0.15) is 22.4 Å². The molecule has 0 spiro atoms. The van der Waals surface area contributed by atoms with E-state index in [4.69, 9.17) is 9.90 Å². The van der Waals surface area contributed by atoms with Crippen LogP contribution >= 0.6 is 0 Å². The van der Waals surface area contributed by atoms with Crippen LogP contribution in [0.2, 0.25) is 0 Å². The molecule has 0 bridgehead atoms. The molecule has 182 valence electrons. The van der Waals surface area contributed by atoms with Crippen LogP contribution in [-0.2, 0) is 9.59 Å². The van der Waals surface area contributed by atoms with E-state index in [0.29, 0.717) is 16.8 Å². The zero-order chi connectivity index (χ0) is 25.9. The molecular weight excluding hydrogens is 477 g/mol. The second-order valence-electron chi connectivity index (χ2n) is 7.51. The number of aliphatic carboxylic acids is 1. The number of fused-ring (bicyclic) bond motifs is 2. The molecule has 1 aliphatic rings. The number of aromatic nitrogens is 3. The van der Waals surface area contributed by atoms with E-state index >= 15 is 0 Å². The molecule has 2 aromatic carbocycles. The Hall–Kier alpha value is -4.93. The highest BCUT2D eigenvalue weighted by atomic mass is 19.4. The predicted octanol–water partition coefficient (Wildman–Crippen LogP) is 5.14. The molecule has 0 unspecified atom stereocenters. The summed E-state index contributed by atoms with van der Waals surface area (Å²) in [5.41, 5.74) is 4.81. The molecular formula is C25H17F3N4O4. The summed E-state index contributed by atoms with van der Waals surface area (Å²) in [6.07, 6.45) is 2.28. The van der Waals surface area contributed by atoms with E-state index in [1.54, 1.807) is 24.5 Å². The average Bonchev–Trinajstić information content (AvgIpc) is 3.42. The Kier molecular flexibility index (Phi) is 6.55. The van der Waals surface area contributed by atoms with Gasteiger partial charge in [0, 0.05) is 34.6 Å². The van der Waals surface area contributed by atoms with Crippen LogP contribution in [0.4, 0.5) is 18.9 Å². The molecule has 0 atom stereocenters. The fourth-order valence-corrected chi connectivity index (χ4v) is 3.46. The van der Waals surface area contributed by atoms with Gasteiger partial charge in [-0.25, -0.2) is 4.79 Å². The fraction of sp³-hybridized carbons (Fsp3) is 0.0400. The number of halogens is 3. The minimum absolute atomic E-state index is 0.0576. The Morgan fingerprint density at radius 1 is 0.972 bits per heavy atom. The third-order valence-corrected chi connectivity index (χ3v) is 5.16. The van der Waals surface area contributed by atoms with Crippen molar-refractivity contribution in [3.8, 4) is 0 Å². The number of alkyl halides is 3. The van der Waals surface area contributed by atoms with Crippen molar-refractivity contribution >= 4 is 52.0 Å². The van der Waals surface area contributed by atoms with E-state index < -0.39 is 12.1 Å². The normalized spacial score (nSPS) is 14.2. The molecule has 3 heterocycles. The molecule has 0 radical (unpaired) electrons. The summed E-state index contributed by atoms with van der Waals surface area (Å²) in [5, 5.41) is 29.0. The number of carbonyl (C=O) groups is 2. The number of hydrogen-bond acceptors (Lipinski definition) is 5. The first-order valence-electron chi connectivity index (χ1n) is 10.4. The lowest BCUT2D eigenvalue weighted by Crippen LogP contribution is -2.21. The van der Waals surface area contributed by atoms with E-state index in [1.807, 2.05) is 54.6 Å². The Labute approximate surface area is 201 Å². The van der Waals surface area contributed by atoms with Crippen LogP contribution in [0.15, 0.2) is 67.0 Å². The van der Waals surface area contributed by atoms with Crippen LogP contribution in [0.25, 0.3) is 34.4 Å². The molecule has 1 aliphatic heterocycles. The molecule has 2 aromatic heterocycles. The molecule has 1 amide bonds. The SMILES string of the molecule is O=C(O)C(F)(F)F.O=C1Nc2ccccc2/C1=C(/O)c1ccc2c(/C=C/c3ccncc3)n[nH]c2c1. The summed E-state index contributed by atoms with van der Waals surface area (Å²) in [5.74, 6) is -3.13. The smallest absolute Gasteiger partial charge is 0.490 e. The summed E-state index contributed by atoms with van der Waals surface area (Å²) < 4.78 is 31.7. The third kappa shape index (κ3) is 5.09. The van der Waals surface area contributed by atoms with E-state index in [2.05, 4.69) is 20.5 Å². The van der Waals surface area contributed by atoms with Gasteiger partial charge in [-0.1, -0.05) is 30.3 Å². The lowest BCUT2D eigenvalue weighted by atomic mass is 10.0. The van der Waals surface area contributed by atoms with Crippen molar-refractivity contribution in [1.82, 2.24) is 15.2 Å². The Morgan fingerprint density at radius 3 is 2.36 bits per heavy atom. The third-order valence-electron chi connectivity index (χ3n) is 5.16. The van der Waals surface area contributed by atoms with Crippen molar-refractivity contribution in [2.24, 2.45) is 0 Å². The number of rotatable bonds is 3. The first-order valence-corrected chi connectivity index (χ1v) is 10.4. The number of aliphatic hydroxyl groups excluding tert-OH is 1. The number of benzene rings is 2. The number of para-hydroxylation sites is 1. The molecule has 8 nitrogen and oxygen atoms in total. The Morgan fingerprint density at radius 2 is 1.67 bits per heavy atom. The number of hydrogen-bond donors (Lipinski definition) is 4. The number of aromatic amines is 1. The first-order chi connectivity index (χ1) is 17.1. The highest BCUT2D eigenvalue weighted by Crippen LogP contribution is 2.36. The van der Waals surface area contributed by atoms with Gasteiger partial charge in [-0.3, -0.25) is 14.9 Å². The molecule has 36 heavy (non-hydrogen) atoms. The van der Waals surface area contributed by atoms with Crippen molar-refractivity contribution in [1.29, 1.82) is 0 Å². The maximum atomic E-state index is 12.4. The number of amides is 1. The quantitative estimate of drug-likeness (QED) is 0.231. The standard InChI is InChI=1S/C23H16N4O2.C2HF3O2/c28-22(21-17-3-1-2-4-18(17)25-23(21)29)15-6-7-16-19(26-27-20(16)13-15)8-5-14-9-11-24-12-10-14;3-2(4,5)1(6)7/h1-13,28H,(H,25,29)(H,26,27);(H,6,7)/b8-5+,22-21-;. The van der Waals surface area contributed by atoms with Gasteiger partial charge in [0.15, 0.2) is 0 Å². The summed E-state index contributed by atoms with van der Waals surface area (Å²) in [7, 11) is 0. The summed E-state index contributed by atoms with van der Waals surface area (Å²) >= 11 is 0. The van der Waals surface area contributed by atoms with Crippen LogP contribution in [-0.4, -0.2) is 43.4 Å². The van der Waals surface area contributed by atoms with Crippen molar-refractivity contribution in [2.75, 3.05) is 5.32 Å². The van der Waals surface area contributed by atoms with E-state index in [9.17, 15) is 23.1 Å². The van der Waals surface area contributed by atoms with Crippen LogP contribution < -0.4 is 5.32 Å². The lowest BCUT2D eigenvalue weighted by molar-refractivity contribution is -0.192. The molecule has 11 heteroatoms. The summed E-state index contributed by atoms with van der Waals surface area (Å²) in [4.78, 5) is 25.3. The van der Waals surface area contributed by atoms with Gasteiger partial charge in [-0.2, -0.15) is 18.3 Å². The monoisotopic (exact) mass is 494 g/mol. The Bertz CT molecular complexity index is 1510. The zero-order valence-electron chi connectivity index (χ0n) is 18.2. The van der Waals surface area contributed by atoms with Crippen LogP contribution in [0.5, 0.6) is 0 Å². The molecule has 4 N–H and O–H groups in total. The van der Waals surface area contributed by atoms with Crippen molar-refractivity contribution in [3.63, 3.8) is 0 Å². The van der Waals surface area contributed by atoms with Crippen molar-refractivity contribution in [2.45, 2.75) is 6.18 Å². The highest BCUT2D eigenvalue weighted by molar-refractivity contribution is 6.36. The summed E-state index contributed by atoms with van der Waals surface area (Å²) in [6.45, 7) is 0. The van der Waals surface area contributed by atoms with Gasteiger partial charge < -0.3 is 15.5 Å². The second-order valence-corrected chi connectivity index (χ2v) is 7.51. The molecule has 0 saturated heterocycles. The summed E-state index contributed by atoms with van der Waals surface area (Å²) in [6, 6.07) is 16.6. The van der Waals surface area contributed by atoms with E-state index in [1.165, 1.54) is 0 Å². The van der Waals surface area contributed by atoms with Gasteiger partial charge in [0.05, 0.1) is 16.8 Å². The van der Waals surface area contributed by atoms with E-state index in [-0.39, 0.29) is 17.2 Å². The fourth-order valence-electron chi connectivity index (χ4n) is 3.46. The van der Waals surface area contributed by atoms with Gasteiger partial charge in [-0.05, 0) is 42.0 Å². The maximum Gasteiger partial charge on any atom is 0.490 e.